The summed E-state index contributed by atoms with van der Waals surface area (Å²) < 4.78 is 7.09. The fourth-order valence-electron chi connectivity index (χ4n) is 2.73. The highest BCUT2D eigenvalue weighted by Crippen LogP contribution is 2.27. The normalized spacial score (nSPS) is 11.9. The molecule has 1 N–H and O–H groups in total. The summed E-state index contributed by atoms with van der Waals surface area (Å²) in [5, 5.41) is 11.9. The fraction of sp³-hybridized carbons (Fsp3) is 0.286. The number of ether oxygens (including phenoxy) is 1. The highest BCUT2D eigenvalue weighted by molar-refractivity contribution is 8.00. The summed E-state index contributed by atoms with van der Waals surface area (Å²) in [5.41, 5.74) is 3.93. The van der Waals surface area contributed by atoms with Crippen molar-refractivity contribution in [3.05, 3.63) is 53.6 Å². The zero-order valence-corrected chi connectivity index (χ0v) is 17.5. The number of benzene rings is 2. The van der Waals surface area contributed by atoms with Crippen molar-refractivity contribution >= 4 is 23.4 Å². The van der Waals surface area contributed by atoms with Crippen molar-refractivity contribution in [3.63, 3.8) is 0 Å². The van der Waals surface area contributed by atoms with Crippen LogP contribution in [0.1, 0.15) is 18.1 Å². The van der Waals surface area contributed by atoms with E-state index in [1.54, 1.807) is 7.11 Å². The Hall–Kier alpha value is -2.80. The van der Waals surface area contributed by atoms with Crippen molar-refractivity contribution in [1.82, 2.24) is 14.8 Å². The number of carbonyl (C=O) groups is 1. The Kier molecular flexibility index (Phi) is 6.04. The Balaban J connectivity index is 1.71. The van der Waals surface area contributed by atoms with Crippen LogP contribution in [0, 0.1) is 13.8 Å². The maximum atomic E-state index is 12.6. The van der Waals surface area contributed by atoms with Crippen LogP contribution < -0.4 is 10.1 Å². The van der Waals surface area contributed by atoms with Crippen molar-refractivity contribution in [2.45, 2.75) is 31.2 Å². The number of rotatable bonds is 6. The van der Waals surface area contributed by atoms with Crippen molar-refractivity contribution in [3.8, 4) is 17.1 Å². The summed E-state index contributed by atoms with van der Waals surface area (Å²) in [6, 6.07) is 13.7. The summed E-state index contributed by atoms with van der Waals surface area (Å²) in [6.07, 6.45) is 0. The molecule has 3 rings (SSSR count). The van der Waals surface area contributed by atoms with E-state index in [0.717, 1.165) is 34.0 Å². The van der Waals surface area contributed by atoms with Crippen LogP contribution in [-0.4, -0.2) is 33.0 Å². The molecular formula is C21H24N4O2S. The molecule has 146 valence electrons. The van der Waals surface area contributed by atoms with Gasteiger partial charge in [-0.05, 0) is 62.2 Å². The number of hydrogen-bond acceptors (Lipinski definition) is 5. The lowest BCUT2D eigenvalue weighted by Gasteiger charge is -2.14. The minimum atomic E-state index is -0.313. The van der Waals surface area contributed by atoms with Gasteiger partial charge in [0.25, 0.3) is 0 Å². The molecule has 0 saturated heterocycles. The molecule has 0 aliphatic carbocycles. The van der Waals surface area contributed by atoms with Gasteiger partial charge in [0.1, 0.15) is 5.75 Å². The van der Waals surface area contributed by atoms with E-state index in [-0.39, 0.29) is 11.2 Å². The second-order valence-corrected chi connectivity index (χ2v) is 7.97. The molecule has 1 aromatic heterocycles. The molecule has 2 aromatic carbocycles. The zero-order valence-electron chi connectivity index (χ0n) is 16.7. The molecule has 0 fully saturated rings. The smallest absolute Gasteiger partial charge is 0.237 e. The molecule has 0 aliphatic heterocycles. The number of aromatic nitrogens is 3. The molecule has 1 atom stereocenters. The van der Waals surface area contributed by atoms with E-state index in [4.69, 9.17) is 4.74 Å². The van der Waals surface area contributed by atoms with Gasteiger partial charge in [0, 0.05) is 18.3 Å². The van der Waals surface area contributed by atoms with Crippen molar-refractivity contribution in [2.75, 3.05) is 12.4 Å². The first-order valence-electron chi connectivity index (χ1n) is 8.97. The first-order valence-corrected chi connectivity index (χ1v) is 9.85. The Morgan fingerprint density at radius 3 is 2.54 bits per heavy atom. The Bertz CT molecular complexity index is 983. The zero-order chi connectivity index (χ0) is 20.3. The van der Waals surface area contributed by atoms with Gasteiger partial charge in [0.15, 0.2) is 11.0 Å². The third kappa shape index (κ3) is 4.36. The van der Waals surface area contributed by atoms with Crippen LogP contribution in [-0.2, 0) is 11.8 Å². The van der Waals surface area contributed by atoms with Crippen LogP contribution in [0.5, 0.6) is 5.75 Å². The van der Waals surface area contributed by atoms with Crippen LogP contribution in [0.15, 0.2) is 47.6 Å². The second kappa shape index (κ2) is 8.48. The van der Waals surface area contributed by atoms with Crippen LogP contribution in [0.3, 0.4) is 0 Å². The Morgan fingerprint density at radius 2 is 1.86 bits per heavy atom. The largest absolute Gasteiger partial charge is 0.497 e. The Labute approximate surface area is 169 Å². The van der Waals surface area contributed by atoms with Crippen LogP contribution in [0.4, 0.5) is 5.69 Å². The van der Waals surface area contributed by atoms with Gasteiger partial charge in [-0.1, -0.05) is 23.9 Å². The monoisotopic (exact) mass is 396 g/mol. The molecule has 7 heteroatoms. The van der Waals surface area contributed by atoms with Crippen LogP contribution in [0.2, 0.25) is 0 Å². The maximum Gasteiger partial charge on any atom is 0.237 e. The lowest BCUT2D eigenvalue weighted by molar-refractivity contribution is -0.115. The summed E-state index contributed by atoms with van der Waals surface area (Å²) >= 11 is 1.38. The van der Waals surface area contributed by atoms with Crippen LogP contribution >= 0.6 is 11.8 Å². The summed E-state index contributed by atoms with van der Waals surface area (Å²) in [4.78, 5) is 12.6. The fourth-order valence-corrected chi connectivity index (χ4v) is 3.54. The second-order valence-electron chi connectivity index (χ2n) is 6.66. The van der Waals surface area contributed by atoms with Gasteiger partial charge in [-0.3, -0.25) is 4.79 Å². The molecule has 3 aromatic rings. The third-order valence-corrected chi connectivity index (χ3v) is 5.62. The van der Waals surface area contributed by atoms with E-state index >= 15 is 0 Å². The number of methoxy groups -OCH3 is 1. The average molecular weight is 397 g/mol. The van der Waals surface area contributed by atoms with E-state index in [1.807, 2.05) is 74.9 Å². The summed E-state index contributed by atoms with van der Waals surface area (Å²) in [7, 11) is 3.54. The molecular weight excluding hydrogens is 372 g/mol. The molecule has 1 amide bonds. The first-order chi connectivity index (χ1) is 13.4. The van der Waals surface area contributed by atoms with Gasteiger partial charge in [-0.15, -0.1) is 10.2 Å². The quantitative estimate of drug-likeness (QED) is 0.632. The molecule has 0 radical (unpaired) electrons. The minimum Gasteiger partial charge on any atom is -0.497 e. The molecule has 1 unspecified atom stereocenters. The number of carbonyl (C=O) groups excluding carboxylic acids is 1. The first kappa shape index (κ1) is 19.9. The van der Waals surface area contributed by atoms with Gasteiger partial charge >= 0.3 is 0 Å². The predicted molar refractivity (Wildman–Crippen MR) is 113 cm³/mol. The maximum absolute atomic E-state index is 12.6. The molecule has 1 heterocycles. The lowest BCUT2D eigenvalue weighted by Crippen LogP contribution is -2.23. The molecule has 0 spiro atoms. The number of hydrogen-bond donors (Lipinski definition) is 1. The van der Waals surface area contributed by atoms with Crippen molar-refractivity contribution in [1.29, 1.82) is 0 Å². The minimum absolute atomic E-state index is 0.0623. The summed E-state index contributed by atoms with van der Waals surface area (Å²) in [6.45, 7) is 5.86. The topological polar surface area (TPSA) is 69.0 Å². The van der Waals surface area contributed by atoms with Crippen molar-refractivity contribution in [2.24, 2.45) is 7.05 Å². The van der Waals surface area contributed by atoms with E-state index in [0.29, 0.717) is 5.16 Å². The number of anilines is 1. The van der Waals surface area contributed by atoms with Gasteiger partial charge in [-0.2, -0.15) is 0 Å². The van der Waals surface area contributed by atoms with E-state index in [9.17, 15) is 4.79 Å². The Morgan fingerprint density at radius 1 is 1.14 bits per heavy atom. The number of nitrogens with one attached hydrogen (secondary N) is 1. The van der Waals surface area contributed by atoms with E-state index < -0.39 is 0 Å². The molecule has 0 bridgehead atoms. The van der Waals surface area contributed by atoms with Crippen LogP contribution in [0.25, 0.3) is 11.4 Å². The lowest BCUT2D eigenvalue weighted by atomic mass is 10.1. The third-order valence-electron chi connectivity index (χ3n) is 4.49. The average Bonchev–Trinajstić information content (AvgIpc) is 3.05. The number of thioether (sulfide) groups is 1. The number of aryl methyl sites for hydroxylation is 2. The van der Waals surface area contributed by atoms with Gasteiger partial charge < -0.3 is 14.6 Å². The standard InChI is InChI=1S/C21H24N4O2S/c1-13-6-7-14(2)18(12-13)22-20(26)15(3)28-21-24-23-19(25(21)4)16-8-10-17(27-5)11-9-16/h6-12,15H,1-5H3,(H,22,26). The summed E-state index contributed by atoms with van der Waals surface area (Å²) in [5.74, 6) is 1.47. The highest BCUT2D eigenvalue weighted by atomic mass is 32.2. The van der Waals surface area contributed by atoms with Gasteiger partial charge in [-0.25, -0.2) is 0 Å². The predicted octanol–water partition coefficient (Wildman–Crippen LogP) is 4.23. The molecule has 0 aliphatic rings. The number of amides is 1. The SMILES string of the molecule is COc1ccc(-c2nnc(SC(C)C(=O)Nc3cc(C)ccc3C)n2C)cc1. The van der Waals surface area contributed by atoms with E-state index in [2.05, 4.69) is 15.5 Å². The van der Waals surface area contributed by atoms with E-state index in [1.165, 1.54) is 11.8 Å². The highest BCUT2D eigenvalue weighted by Gasteiger charge is 2.20. The molecule has 28 heavy (non-hydrogen) atoms. The van der Waals surface area contributed by atoms with Gasteiger partial charge in [0.2, 0.25) is 5.91 Å². The number of nitrogens with zero attached hydrogens (tertiary/aromatic N) is 3. The molecule has 0 saturated carbocycles. The van der Waals surface area contributed by atoms with Crippen molar-refractivity contribution < 1.29 is 9.53 Å². The molecule has 6 nitrogen and oxygen atoms in total. The van der Waals surface area contributed by atoms with Gasteiger partial charge in [0.05, 0.1) is 12.4 Å².